The van der Waals surface area contributed by atoms with Crippen molar-refractivity contribution < 1.29 is 9.59 Å². The maximum atomic E-state index is 12.8. The highest BCUT2D eigenvalue weighted by atomic mass is 16.2. The minimum Gasteiger partial charge on any atom is -0.337 e. The van der Waals surface area contributed by atoms with Crippen LogP contribution in [0, 0.1) is 0 Å². The Balaban J connectivity index is 1.40. The number of anilines is 1. The highest BCUT2D eigenvalue weighted by Crippen LogP contribution is 2.21. The van der Waals surface area contributed by atoms with E-state index in [0.717, 1.165) is 30.5 Å². The van der Waals surface area contributed by atoms with Crippen molar-refractivity contribution in [3.05, 3.63) is 78.1 Å². The van der Waals surface area contributed by atoms with Gasteiger partial charge in [0.2, 0.25) is 5.95 Å². The fourth-order valence-corrected chi connectivity index (χ4v) is 3.31. The first-order chi connectivity index (χ1) is 13.7. The normalized spacial score (nSPS) is 14.0. The van der Waals surface area contributed by atoms with Crippen LogP contribution in [-0.2, 0) is 0 Å². The largest absolute Gasteiger partial charge is 0.337 e. The highest BCUT2D eigenvalue weighted by molar-refractivity contribution is 5.95. The molecule has 28 heavy (non-hydrogen) atoms. The van der Waals surface area contributed by atoms with Crippen LogP contribution in [0.15, 0.2) is 67.0 Å². The number of nitrogens with zero attached hydrogens (tertiary/aromatic N) is 4. The third-order valence-corrected chi connectivity index (χ3v) is 4.91. The lowest BCUT2D eigenvalue weighted by Crippen LogP contribution is -2.49. The average Bonchev–Trinajstić information content (AvgIpc) is 2.79. The molecular formula is C22H20N4O2. The summed E-state index contributed by atoms with van der Waals surface area (Å²) in [5.41, 5.74) is 3.36. The van der Waals surface area contributed by atoms with Crippen LogP contribution in [0.5, 0.6) is 0 Å². The number of aromatic nitrogens is 2. The lowest BCUT2D eigenvalue weighted by molar-refractivity contribution is 0.0746. The molecule has 1 aliphatic rings. The standard InChI is InChI=1S/C22H20N4O2/c27-16-17-2-4-18(5-3-17)19-6-8-20(9-7-19)21(28)25-12-14-26(15-13-25)22-23-10-1-11-24-22/h1-11,16H,12-15H2. The summed E-state index contributed by atoms with van der Waals surface area (Å²) in [5.74, 6) is 0.746. The number of amides is 1. The zero-order valence-corrected chi connectivity index (χ0v) is 15.4. The van der Waals surface area contributed by atoms with E-state index in [4.69, 9.17) is 0 Å². The fraction of sp³-hybridized carbons (Fsp3) is 0.182. The Morgan fingerprint density at radius 3 is 1.96 bits per heavy atom. The molecule has 0 aliphatic carbocycles. The SMILES string of the molecule is O=Cc1ccc(-c2ccc(C(=O)N3CCN(c4ncccn4)CC3)cc2)cc1. The third kappa shape index (κ3) is 3.76. The van der Waals surface area contributed by atoms with Gasteiger partial charge >= 0.3 is 0 Å². The van der Waals surface area contributed by atoms with Crippen molar-refractivity contribution in [2.45, 2.75) is 0 Å². The molecule has 2 heterocycles. The van der Waals surface area contributed by atoms with Gasteiger partial charge in [0.25, 0.3) is 5.91 Å². The van der Waals surface area contributed by atoms with Crippen molar-refractivity contribution in [3.63, 3.8) is 0 Å². The summed E-state index contributed by atoms with van der Waals surface area (Å²) in [6, 6.07) is 16.8. The van der Waals surface area contributed by atoms with E-state index in [9.17, 15) is 9.59 Å². The number of carbonyl (C=O) groups is 2. The zero-order chi connectivity index (χ0) is 19.3. The molecule has 0 N–H and O–H groups in total. The first kappa shape index (κ1) is 17.9. The van der Waals surface area contributed by atoms with Crippen molar-refractivity contribution in [2.24, 2.45) is 0 Å². The van der Waals surface area contributed by atoms with Gasteiger partial charge in [-0.15, -0.1) is 0 Å². The van der Waals surface area contributed by atoms with Crippen LogP contribution in [0.3, 0.4) is 0 Å². The summed E-state index contributed by atoms with van der Waals surface area (Å²) in [5, 5.41) is 0. The molecule has 1 aliphatic heterocycles. The van der Waals surface area contributed by atoms with E-state index in [1.807, 2.05) is 41.3 Å². The molecule has 0 spiro atoms. The molecule has 0 radical (unpaired) electrons. The van der Waals surface area contributed by atoms with Crippen molar-refractivity contribution in [3.8, 4) is 11.1 Å². The van der Waals surface area contributed by atoms with Crippen molar-refractivity contribution in [1.29, 1.82) is 0 Å². The summed E-state index contributed by atoms with van der Waals surface area (Å²) in [4.78, 5) is 36.1. The molecule has 2 aromatic carbocycles. The van der Waals surface area contributed by atoms with Crippen LogP contribution in [0.1, 0.15) is 20.7 Å². The minimum atomic E-state index is 0.0384. The fourth-order valence-electron chi connectivity index (χ4n) is 3.31. The van der Waals surface area contributed by atoms with E-state index in [1.165, 1.54) is 0 Å². The van der Waals surface area contributed by atoms with Gasteiger partial charge in [0.05, 0.1) is 0 Å². The minimum absolute atomic E-state index is 0.0384. The number of benzene rings is 2. The highest BCUT2D eigenvalue weighted by Gasteiger charge is 2.23. The van der Waals surface area contributed by atoms with E-state index in [-0.39, 0.29) is 5.91 Å². The van der Waals surface area contributed by atoms with Crippen LogP contribution in [0.2, 0.25) is 0 Å². The Morgan fingerprint density at radius 2 is 1.39 bits per heavy atom. The van der Waals surface area contributed by atoms with Gasteiger partial charge in [0.1, 0.15) is 6.29 Å². The van der Waals surface area contributed by atoms with Crippen molar-refractivity contribution in [2.75, 3.05) is 31.1 Å². The molecule has 1 saturated heterocycles. The van der Waals surface area contributed by atoms with Crippen LogP contribution >= 0.6 is 0 Å². The number of aldehydes is 1. The molecule has 1 fully saturated rings. The molecule has 0 bridgehead atoms. The van der Waals surface area contributed by atoms with Crippen LogP contribution in [0.4, 0.5) is 5.95 Å². The molecule has 0 atom stereocenters. The number of rotatable bonds is 4. The summed E-state index contributed by atoms with van der Waals surface area (Å²) < 4.78 is 0. The predicted molar refractivity (Wildman–Crippen MR) is 107 cm³/mol. The summed E-state index contributed by atoms with van der Waals surface area (Å²) in [7, 11) is 0. The second-order valence-electron chi connectivity index (χ2n) is 6.65. The monoisotopic (exact) mass is 372 g/mol. The predicted octanol–water partition coefficient (Wildman–Crippen LogP) is 2.92. The Kier molecular flexibility index (Phi) is 5.10. The van der Waals surface area contributed by atoms with Crippen molar-refractivity contribution >= 4 is 18.1 Å². The summed E-state index contributed by atoms with van der Waals surface area (Å²) in [6.45, 7) is 2.73. The molecule has 1 aromatic heterocycles. The smallest absolute Gasteiger partial charge is 0.253 e. The Hall–Kier alpha value is -3.54. The van der Waals surface area contributed by atoms with Crippen LogP contribution < -0.4 is 4.90 Å². The first-order valence-corrected chi connectivity index (χ1v) is 9.21. The van der Waals surface area contributed by atoms with E-state index < -0.39 is 0 Å². The molecule has 6 heteroatoms. The second-order valence-corrected chi connectivity index (χ2v) is 6.65. The maximum absolute atomic E-state index is 12.8. The van der Waals surface area contributed by atoms with E-state index in [0.29, 0.717) is 30.2 Å². The second kappa shape index (κ2) is 8.00. The molecule has 0 saturated carbocycles. The summed E-state index contributed by atoms with van der Waals surface area (Å²) >= 11 is 0. The van der Waals surface area contributed by atoms with E-state index in [1.54, 1.807) is 30.6 Å². The van der Waals surface area contributed by atoms with Gasteiger partial charge in [-0.05, 0) is 29.3 Å². The van der Waals surface area contributed by atoms with Gasteiger partial charge in [-0.2, -0.15) is 0 Å². The number of piperazine rings is 1. The van der Waals surface area contributed by atoms with Gasteiger partial charge in [-0.1, -0.05) is 36.4 Å². The van der Waals surface area contributed by atoms with Crippen LogP contribution in [-0.4, -0.2) is 53.2 Å². The first-order valence-electron chi connectivity index (χ1n) is 9.21. The average molecular weight is 372 g/mol. The molecule has 6 nitrogen and oxygen atoms in total. The molecular weight excluding hydrogens is 352 g/mol. The lowest BCUT2D eigenvalue weighted by atomic mass is 10.0. The molecule has 3 aromatic rings. The summed E-state index contributed by atoms with van der Waals surface area (Å²) in [6.07, 6.45) is 4.29. The number of hydrogen-bond acceptors (Lipinski definition) is 5. The maximum Gasteiger partial charge on any atom is 0.253 e. The number of carbonyl (C=O) groups excluding carboxylic acids is 2. The Morgan fingerprint density at radius 1 is 0.821 bits per heavy atom. The van der Waals surface area contributed by atoms with Crippen molar-refractivity contribution in [1.82, 2.24) is 14.9 Å². The topological polar surface area (TPSA) is 66.4 Å². The van der Waals surface area contributed by atoms with Crippen LogP contribution in [0.25, 0.3) is 11.1 Å². The van der Waals surface area contributed by atoms with Gasteiger partial charge in [-0.25, -0.2) is 9.97 Å². The molecule has 1 amide bonds. The quantitative estimate of drug-likeness (QED) is 0.659. The van der Waals surface area contributed by atoms with Gasteiger partial charge in [-0.3, -0.25) is 9.59 Å². The van der Waals surface area contributed by atoms with E-state index >= 15 is 0 Å². The lowest BCUT2D eigenvalue weighted by Gasteiger charge is -2.34. The third-order valence-electron chi connectivity index (χ3n) is 4.91. The molecule has 4 rings (SSSR count). The zero-order valence-electron chi connectivity index (χ0n) is 15.4. The Labute approximate surface area is 163 Å². The molecule has 0 unspecified atom stereocenters. The van der Waals surface area contributed by atoms with Gasteiger partial charge in [0, 0.05) is 49.7 Å². The Bertz CT molecular complexity index is 948. The van der Waals surface area contributed by atoms with Gasteiger partial charge in [0.15, 0.2) is 0 Å². The number of hydrogen-bond donors (Lipinski definition) is 0. The van der Waals surface area contributed by atoms with E-state index in [2.05, 4.69) is 14.9 Å². The van der Waals surface area contributed by atoms with Gasteiger partial charge < -0.3 is 9.80 Å². The molecule has 140 valence electrons.